The zero-order valence-corrected chi connectivity index (χ0v) is 63.0. The Bertz CT molecular complexity index is 3140. The quantitative estimate of drug-likeness (QED) is 0.0337. The van der Waals surface area contributed by atoms with Crippen molar-refractivity contribution in [2.75, 3.05) is 176 Å². The summed E-state index contributed by atoms with van der Waals surface area (Å²) in [5.41, 5.74) is 7.29. The third-order valence-electron chi connectivity index (χ3n) is 19.9. The van der Waals surface area contributed by atoms with Crippen LogP contribution in [0.15, 0.2) is 170 Å². The largest absolute Gasteiger partial charge is 0.497 e. The maximum Gasteiger partial charge on any atom is 0.119 e. The number of benzene rings is 7. The van der Waals surface area contributed by atoms with E-state index in [4.69, 9.17) is 56.8 Å². The molecule has 5 aliphatic rings. The molecule has 558 valence electrons. The van der Waals surface area contributed by atoms with Gasteiger partial charge in [0.15, 0.2) is 0 Å². The van der Waals surface area contributed by atoms with E-state index in [1.165, 1.54) is 73.5 Å². The van der Waals surface area contributed by atoms with Gasteiger partial charge in [-0.15, -0.1) is 0 Å². The maximum absolute atomic E-state index is 5.89. The summed E-state index contributed by atoms with van der Waals surface area (Å²) in [6.45, 7) is 17.2. The third-order valence-corrected chi connectivity index (χ3v) is 19.9. The molecular weight excluding hydrogens is 1280 g/mol. The van der Waals surface area contributed by atoms with Gasteiger partial charge in [-0.05, 0) is 203 Å². The number of para-hydroxylation sites is 1. The Morgan fingerprint density at radius 2 is 0.716 bits per heavy atom. The van der Waals surface area contributed by atoms with E-state index in [1.807, 2.05) is 78.9 Å². The van der Waals surface area contributed by atoms with E-state index in [-0.39, 0.29) is 0 Å². The van der Waals surface area contributed by atoms with Crippen LogP contribution >= 0.6 is 0 Å². The van der Waals surface area contributed by atoms with Crippen LogP contribution in [0.2, 0.25) is 0 Å². The molecule has 0 amide bonds. The molecule has 0 N–H and O–H groups in total. The molecule has 5 saturated carbocycles. The van der Waals surface area contributed by atoms with Gasteiger partial charge in [-0.1, -0.05) is 101 Å². The molecule has 0 spiro atoms. The molecular formula is C86H122N4O12. The van der Waals surface area contributed by atoms with Gasteiger partial charge in [-0.2, -0.15) is 0 Å². The second kappa shape index (κ2) is 46.7. The summed E-state index contributed by atoms with van der Waals surface area (Å²) in [6, 6.07) is 58.7. The van der Waals surface area contributed by atoms with Gasteiger partial charge in [0.1, 0.15) is 23.0 Å². The number of anilines is 6. The molecule has 0 radical (unpaired) electrons. The highest BCUT2D eigenvalue weighted by Crippen LogP contribution is 2.58. The van der Waals surface area contributed by atoms with Crippen molar-refractivity contribution in [2.24, 2.45) is 17.8 Å². The Hall–Kier alpha value is -6.96. The Morgan fingerprint density at radius 3 is 1.13 bits per heavy atom. The number of methoxy groups -OCH3 is 6. The second-order valence-electron chi connectivity index (χ2n) is 27.1. The summed E-state index contributed by atoms with van der Waals surface area (Å²) in [5, 5.41) is 2.50. The van der Waals surface area contributed by atoms with Crippen molar-refractivity contribution in [1.82, 2.24) is 4.90 Å². The minimum Gasteiger partial charge on any atom is -0.497 e. The highest BCUT2D eigenvalue weighted by atomic mass is 16.5. The van der Waals surface area contributed by atoms with E-state index in [9.17, 15) is 0 Å². The summed E-state index contributed by atoms with van der Waals surface area (Å²) in [5.74, 6) is 6.60. The molecule has 4 bridgehead atoms. The van der Waals surface area contributed by atoms with Crippen LogP contribution in [0.5, 0.6) is 23.0 Å². The lowest BCUT2D eigenvalue weighted by Gasteiger charge is -2.62. The number of ether oxygens (including phenoxy) is 12. The molecule has 0 aliphatic heterocycles. The van der Waals surface area contributed by atoms with Crippen molar-refractivity contribution in [2.45, 2.75) is 122 Å². The number of nitrogens with zero attached hydrogens (tertiary/aromatic N) is 4. The van der Waals surface area contributed by atoms with Crippen molar-refractivity contribution in [3.05, 3.63) is 170 Å². The molecule has 0 atom stereocenters. The van der Waals surface area contributed by atoms with Crippen molar-refractivity contribution >= 4 is 44.9 Å². The van der Waals surface area contributed by atoms with Crippen LogP contribution in [0, 0.1) is 17.8 Å². The van der Waals surface area contributed by atoms with Crippen LogP contribution in [0.3, 0.4) is 0 Å². The molecule has 5 aliphatic carbocycles. The van der Waals surface area contributed by atoms with E-state index in [2.05, 4.69) is 124 Å². The molecule has 16 nitrogen and oxygen atoms in total. The van der Waals surface area contributed by atoms with Gasteiger partial charge < -0.3 is 71.5 Å². The Balaban J connectivity index is 0.000000173. The van der Waals surface area contributed by atoms with Crippen molar-refractivity contribution < 1.29 is 56.8 Å². The van der Waals surface area contributed by atoms with Crippen LogP contribution in [0.1, 0.15) is 110 Å². The third kappa shape index (κ3) is 26.3. The minimum absolute atomic E-state index is 0.543. The van der Waals surface area contributed by atoms with Gasteiger partial charge >= 0.3 is 0 Å². The number of unbranched alkanes of at least 4 members (excludes halogenated alkanes) is 2. The highest BCUT2D eigenvalue weighted by molar-refractivity contribution is 5.96. The molecule has 16 heteroatoms. The number of hydrogen-bond donors (Lipinski definition) is 0. The second-order valence-corrected chi connectivity index (χ2v) is 27.1. The van der Waals surface area contributed by atoms with E-state index < -0.39 is 0 Å². The smallest absolute Gasteiger partial charge is 0.119 e. The predicted molar refractivity (Wildman–Crippen MR) is 416 cm³/mol. The lowest BCUT2D eigenvalue weighted by Crippen LogP contribution is -2.63. The average Bonchev–Trinajstić information content (AvgIpc) is 0.734. The first-order valence-electron chi connectivity index (χ1n) is 37.9. The first kappa shape index (κ1) is 80.7. The summed E-state index contributed by atoms with van der Waals surface area (Å²) in [4.78, 5) is 9.75. The Labute approximate surface area is 612 Å². The van der Waals surface area contributed by atoms with Gasteiger partial charge in [0, 0.05) is 106 Å². The standard InChI is InChI=1S/C25H37NO4.C21H37NO2.C21H23NO2.C19H25NO4/c1-4-6-17-29-24-12-8-22(9-13-24)26(16-19-28-21-20-27-3)23-10-14-25(15-11-23)30-18-7-5-2;1-23-9-10-24-8-7-22(20-5-3-2-4-6-20)21-14-17-11-18(15-21)13-19(12-17)16-21;1-23-16-17-24-15-14-22(19-10-3-2-4-11-19)21-13-7-9-18-8-5-6-12-20(18)21;1-21-14-15-24-13-12-20(16-4-8-18(22-2)9-5-16)17-6-10-19(23-3)11-7-17/h8-15H,4-7,16-21H2,1-3H3;17-20H,2-16H2,1H3;2-13H,14-17H2,1H3;4-11H,12-15H2,1-3H3. The topological polar surface area (TPSA) is 124 Å². The number of hydrogen-bond acceptors (Lipinski definition) is 16. The summed E-state index contributed by atoms with van der Waals surface area (Å²) in [6.07, 6.45) is 20.7. The zero-order valence-electron chi connectivity index (χ0n) is 63.0. The lowest BCUT2D eigenvalue weighted by molar-refractivity contribution is -0.116. The monoisotopic (exact) mass is 1400 g/mol. The molecule has 0 saturated heterocycles. The maximum atomic E-state index is 5.89. The fourth-order valence-electron chi connectivity index (χ4n) is 15.1. The molecule has 0 aromatic heterocycles. The summed E-state index contributed by atoms with van der Waals surface area (Å²) < 4.78 is 65.2. The van der Waals surface area contributed by atoms with E-state index in [1.54, 1.807) is 61.9 Å². The number of fused-ring (bicyclic) bond motifs is 1. The fraction of sp³-hybridized carbons (Fsp3) is 0.535. The van der Waals surface area contributed by atoms with Crippen molar-refractivity contribution in [3.8, 4) is 23.0 Å². The summed E-state index contributed by atoms with van der Waals surface area (Å²) >= 11 is 0. The summed E-state index contributed by atoms with van der Waals surface area (Å²) in [7, 11) is 10.1. The number of rotatable bonds is 42. The SMILES string of the molecule is CCCCOc1ccc(N(CCOCCOC)c2ccc(OCCCC)cc2)cc1.COCCOCCN(C1CCCCC1)C12CC3CC(CC(C3)C1)C2.COCCOCCN(c1ccc(OC)cc1)c1ccc(OC)cc1.COCCOCCN(c1ccccc1)c1cccc2ccccc12. The van der Waals surface area contributed by atoms with Gasteiger partial charge in [0.2, 0.25) is 0 Å². The average molecular weight is 1400 g/mol. The van der Waals surface area contributed by atoms with Crippen molar-refractivity contribution in [3.63, 3.8) is 0 Å². The molecule has 0 unspecified atom stereocenters. The van der Waals surface area contributed by atoms with Crippen LogP contribution in [-0.2, 0) is 37.9 Å². The normalized spacial score (nSPS) is 17.4. The molecule has 7 aromatic carbocycles. The van der Waals surface area contributed by atoms with Gasteiger partial charge in [-0.25, -0.2) is 0 Å². The van der Waals surface area contributed by atoms with Gasteiger partial charge in [-0.3, -0.25) is 4.90 Å². The van der Waals surface area contributed by atoms with E-state index >= 15 is 0 Å². The fourth-order valence-corrected chi connectivity index (χ4v) is 15.1. The Kier molecular flexibility index (Phi) is 37.0. The molecule has 102 heavy (non-hydrogen) atoms. The van der Waals surface area contributed by atoms with E-state index in [0.29, 0.717) is 65.0 Å². The van der Waals surface area contributed by atoms with Gasteiger partial charge in [0.05, 0.1) is 107 Å². The predicted octanol–water partition coefficient (Wildman–Crippen LogP) is 18.2. The Morgan fingerprint density at radius 1 is 0.343 bits per heavy atom. The van der Waals surface area contributed by atoms with Crippen LogP contribution < -0.4 is 33.6 Å². The lowest BCUT2D eigenvalue weighted by atomic mass is 9.52. The van der Waals surface area contributed by atoms with Crippen LogP contribution in [-0.4, -0.2) is 178 Å². The van der Waals surface area contributed by atoms with Crippen molar-refractivity contribution in [1.29, 1.82) is 0 Å². The molecule has 0 heterocycles. The highest BCUT2D eigenvalue weighted by Gasteiger charge is 2.54. The minimum atomic E-state index is 0.543. The molecule has 12 rings (SSSR count). The first-order valence-corrected chi connectivity index (χ1v) is 37.9. The first-order chi connectivity index (χ1) is 50.2. The zero-order chi connectivity index (χ0) is 71.7. The van der Waals surface area contributed by atoms with Crippen LogP contribution in [0.4, 0.5) is 34.1 Å². The molecule has 7 aromatic rings. The molecule has 5 fully saturated rings. The van der Waals surface area contributed by atoms with Gasteiger partial charge in [0.25, 0.3) is 0 Å². The van der Waals surface area contributed by atoms with E-state index in [0.717, 1.165) is 154 Å². The van der Waals surface area contributed by atoms with Crippen LogP contribution in [0.25, 0.3) is 10.8 Å².